The first kappa shape index (κ1) is 12.3. The molecule has 0 saturated carbocycles. The molecule has 0 N–H and O–H groups in total. The van der Waals surface area contributed by atoms with Crippen LogP contribution in [0.4, 0.5) is 4.79 Å². The van der Waals surface area contributed by atoms with Crippen molar-refractivity contribution in [2.45, 2.75) is 26.4 Å². The number of rotatable bonds is 2. The Morgan fingerprint density at radius 3 is 2.69 bits per heavy atom. The Labute approximate surface area is 95.7 Å². The molecule has 16 heavy (non-hydrogen) atoms. The average Bonchev–Trinajstić information content (AvgIpc) is 2.15. The number of hydrogen-bond donors (Lipinski definition) is 0. The molecule has 3 heteroatoms. The van der Waals surface area contributed by atoms with E-state index < -0.39 is 11.8 Å². The van der Waals surface area contributed by atoms with E-state index in [1.807, 2.05) is 0 Å². The summed E-state index contributed by atoms with van der Waals surface area (Å²) in [7, 11) is 0. The van der Waals surface area contributed by atoms with Gasteiger partial charge in [0.05, 0.1) is 0 Å². The number of carbonyl (C=O) groups is 1. The second-order valence-electron chi connectivity index (χ2n) is 4.27. The number of benzene rings is 1. The summed E-state index contributed by atoms with van der Waals surface area (Å²) in [5.41, 5.74) is 0.276. The molecule has 85 valence electrons. The Hall–Kier alpha value is -1.77. The molecule has 0 amide bonds. The molecule has 1 rings (SSSR count). The highest BCUT2D eigenvalue weighted by Crippen LogP contribution is 2.16. The van der Waals surface area contributed by atoms with Gasteiger partial charge in [-0.05, 0) is 50.6 Å². The van der Waals surface area contributed by atoms with Crippen molar-refractivity contribution in [1.82, 2.24) is 0 Å². The lowest BCUT2D eigenvalue weighted by Crippen LogP contribution is -2.25. The van der Waals surface area contributed by atoms with Gasteiger partial charge in [-0.3, -0.25) is 0 Å². The zero-order valence-electron chi connectivity index (χ0n) is 9.74. The Kier molecular flexibility index (Phi) is 3.72. The minimum absolute atomic E-state index is 0.395. The predicted octanol–water partition coefficient (Wildman–Crippen LogP) is 3.44. The van der Waals surface area contributed by atoms with Crippen molar-refractivity contribution in [3.63, 3.8) is 0 Å². The van der Waals surface area contributed by atoms with E-state index in [-0.39, 0.29) is 0 Å². The van der Waals surface area contributed by atoms with E-state index in [2.05, 4.69) is 12.6 Å². The standard InChI is InChI=1S/C13H15O3/c1-5-10-7-6-8-11(9-10)15-12(14)16-13(2,3)4/h5,7-9H,1H2,2-4H3. The zero-order chi connectivity index (χ0) is 12.2. The van der Waals surface area contributed by atoms with E-state index in [0.29, 0.717) is 5.75 Å². The van der Waals surface area contributed by atoms with Crippen LogP contribution in [0.1, 0.15) is 26.3 Å². The Balaban J connectivity index is 2.66. The molecule has 0 heterocycles. The van der Waals surface area contributed by atoms with Gasteiger partial charge in [0.25, 0.3) is 0 Å². The molecule has 0 bridgehead atoms. The summed E-state index contributed by atoms with van der Waals surface area (Å²) in [6.07, 6.45) is 0.931. The first-order valence-corrected chi connectivity index (χ1v) is 4.95. The highest BCUT2D eigenvalue weighted by atomic mass is 16.7. The van der Waals surface area contributed by atoms with Crippen molar-refractivity contribution in [3.8, 4) is 5.75 Å². The quantitative estimate of drug-likeness (QED) is 0.564. The minimum atomic E-state index is -0.720. The molecular formula is C13H15O3. The highest BCUT2D eigenvalue weighted by molar-refractivity contribution is 5.65. The molecule has 0 saturated heterocycles. The van der Waals surface area contributed by atoms with Crippen LogP contribution in [0.25, 0.3) is 6.08 Å². The monoisotopic (exact) mass is 219 g/mol. The van der Waals surface area contributed by atoms with Crippen LogP contribution in [0.2, 0.25) is 0 Å². The van der Waals surface area contributed by atoms with E-state index in [9.17, 15) is 4.79 Å². The SMILES string of the molecule is C=Cc1c[c]cc(OC(=O)OC(C)(C)C)c1. The fourth-order valence-corrected chi connectivity index (χ4v) is 1.01. The van der Waals surface area contributed by atoms with Crippen LogP contribution in [-0.4, -0.2) is 11.8 Å². The molecule has 0 fully saturated rings. The van der Waals surface area contributed by atoms with Gasteiger partial charge in [0.2, 0.25) is 0 Å². The third-order valence-electron chi connectivity index (χ3n) is 1.61. The Morgan fingerprint density at radius 1 is 1.44 bits per heavy atom. The van der Waals surface area contributed by atoms with Crippen LogP contribution in [0.5, 0.6) is 5.75 Å². The minimum Gasteiger partial charge on any atom is -0.428 e. The first-order valence-electron chi connectivity index (χ1n) is 4.95. The van der Waals surface area contributed by atoms with Crippen molar-refractivity contribution in [1.29, 1.82) is 0 Å². The largest absolute Gasteiger partial charge is 0.514 e. The van der Waals surface area contributed by atoms with E-state index >= 15 is 0 Å². The summed E-state index contributed by atoms with van der Waals surface area (Å²) in [6, 6.07) is 7.84. The maximum Gasteiger partial charge on any atom is 0.514 e. The molecule has 1 aromatic rings. The lowest BCUT2D eigenvalue weighted by molar-refractivity contribution is 0.0206. The summed E-state index contributed by atoms with van der Waals surface area (Å²) in [5, 5.41) is 0. The fourth-order valence-electron chi connectivity index (χ4n) is 1.01. The van der Waals surface area contributed by atoms with Crippen LogP contribution in [0, 0.1) is 6.07 Å². The molecule has 0 unspecified atom stereocenters. The molecule has 0 aliphatic heterocycles. The van der Waals surface area contributed by atoms with E-state index in [0.717, 1.165) is 5.56 Å². The Morgan fingerprint density at radius 2 is 2.12 bits per heavy atom. The fraction of sp³-hybridized carbons (Fsp3) is 0.308. The summed E-state index contributed by atoms with van der Waals surface area (Å²) >= 11 is 0. The van der Waals surface area contributed by atoms with Gasteiger partial charge in [0, 0.05) is 0 Å². The summed E-state index contributed by atoms with van der Waals surface area (Å²) < 4.78 is 10.0. The van der Waals surface area contributed by atoms with Crippen LogP contribution >= 0.6 is 0 Å². The smallest absolute Gasteiger partial charge is 0.428 e. The van der Waals surface area contributed by atoms with Crippen molar-refractivity contribution in [3.05, 3.63) is 36.4 Å². The van der Waals surface area contributed by atoms with Gasteiger partial charge < -0.3 is 9.47 Å². The van der Waals surface area contributed by atoms with Gasteiger partial charge in [0.1, 0.15) is 11.4 Å². The van der Waals surface area contributed by atoms with Crippen molar-refractivity contribution in [2.75, 3.05) is 0 Å². The number of carbonyl (C=O) groups excluding carboxylic acids is 1. The molecule has 0 spiro atoms. The van der Waals surface area contributed by atoms with Crippen LogP contribution in [-0.2, 0) is 4.74 Å². The van der Waals surface area contributed by atoms with Crippen LogP contribution in [0.3, 0.4) is 0 Å². The lowest BCUT2D eigenvalue weighted by Gasteiger charge is -2.18. The maximum absolute atomic E-state index is 11.3. The number of ether oxygens (including phenoxy) is 2. The molecular weight excluding hydrogens is 204 g/mol. The maximum atomic E-state index is 11.3. The lowest BCUT2D eigenvalue weighted by atomic mass is 10.2. The van der Waals surface area contributed by atoms with Gasteiger partial charge in [-0.2, -0.15) is 0 Å². The summed E-state index contributed by atoms with van der Waals surface area (Å²) in [6.45, 7) is 8.95. The molecule has 1 radical (unpaired) electrons. The van der Waals surface area contributed by atoms with Gasteiger partial charge in [0.15, 0.2) is 0 Å². The third-order valence-corrected chi connectivity index (χ3v) is 1.61. The van der Waals surface area contributed by atoms with Gasteiger partial charge >= 0.3 is 6.16 Å². The molecule has 0 aliphatic rings. The topological polar surface area (TPSA) is 35.5 Å². The Bertz CT molecular complexity index is 388. The van der Waals surface area contributed by atoms with Gasteiger partial charge in [-0.1, -0.05) is 12.7 Å². The van der Waals surface area contributed by atoms with Crippen LogP contribution < -0.4 is 4.74 Å². The van der Waals surface area contributed by atoms with Crippen molar-refractivity contribution in [2.24, 2.45) is 0 Å². The first-order chi connectivity index (χ1) is 7.40. The average molecular weight is 219 g/mol. The summed E-state index contributed by atoms with van der Waals surface area (Å²) in [5.74, 6) is 0.395. The van der Waals surface area contributed by atoms with Crippen molar-refractivity contribution >= 4 is 12.2 Å². The van der Waals surface area contributed by atoms with Gasteiger partial charge in [-0.15, -0.1) is 0 Å². The van der Waals surface area contributed by atoms with E-state index in [1.54, 1.807) is 45.0 Å². The van der Waals surface area contributed by atoms with Crippen molar-refractivity contribution < 1.29 is 14.3 Å². The molecule has 1 aromatic carbocycles. The second-order valence-corrected chi connectivity index (χ2v) is 4.27. The normalized spacial score (nSPS) is 10.7. The second kappa shape index (κ2) is 4.84. The highest BCUT2D eigenvalue weighted by Gasteiger charge is 2.17. The summed E-state index contributed by atoms with van der Waals surface area (Å²) in [4.78, 5) is 11.3. The molecule has 0 aromatic heterocycles. The molecule has 3 nitrogen and oxygen atoms in total. The zero-order valence-corrected chi connectivity index (χ0v) is 9.74. The predicted molar refractivity (Wildman–Crippen MR) is 62.2 cm³/mol. The van der Waals surface area contributed by atoms with Crippen LogP contribution in [0.15, 0.2) is 24.8 Å². The third kappa shape index (κ3) is 4.17. The van der Waals surface area contributed by atoms with E-state index in [1.165, 1.54) is 0 Å². The molecule has 0 atom stereocenters. The number of hydrogen-bond acceptors (Lipinski definition) is 3. The molecule has 0 aliphatic carbocycles. The van der Waals surface area contributed by atoms with Gasteiger partial charge in [-0.25, -0.2) is 4.79 Å². The van der Waals surface area contributed by atoms with E-state index in [4.69, 9.17) is 9.47 Å².